The van der Waals surface area contributed by atoms with E-state index < -0.39 is 0 Å². The smallest absolute Gasteiger partial charge is 0.263 e. The quantitative estimate of drug-likeness (QED) is 0.694. The lowest BCUT2D eigenvalue weighted by atomic mass is 10.2. The van der Waals surface area contributed by atoms with E-state index in [1.165, 1.54) is 5.56 Å². The zero-order chi connectivity index (χ0) is 16.1. The van der Waals surface area contributed by atoms with E-state index in [0.717, 1.165) is 24.2 Å². The lowest BCUT2D eigenvalue weighted by molar-refractivity contribution is -0.117. The summed E-state index contributed by atoms with van der Waals surface area (Å²) in [7, 11) is 0. The third kappa shape index (κ3) is 3.38. The van der Waals surface area contributed by atoms with Gasteiger partial charge < -0.3 is 10.2 Å². The van der Waals surface area contributed by atoms with Gasteiger partial charge in [0, 0.05) is 37.4 Å². The van der Waals surface area contributed by atoms with Crippen LogP contribution in [0.2, 0.25) is 0 Å². The van der Waals surface area contributed by atoms with Crippen molar-refractivity contribution in [3.05, 3.63) is 71.7 Å². The second-order valence-corrected chi connectivity index (χ2v) is 5.27. The van der Waals surface area contributed by atoms with E-state index in [0.29, 0.717) is 6.54 Å². The highest BCUT2D eigenvalue weighted by molar-refractivity contribution is 5.97. The summed E-state index contributed by atoms with van der Waals surface area (Å²) in [6.07, 6.45) is 5.91. The minimum Gasteiger partial charge on any atom is -0.347 e. The Morgan fingerprint density at radius 2 is 2.22 bits per heavy atom. The van der Waals surface area contributed by atoms with Gasteiger partial charge >= 0.3 is 0 Å². The number of benzene rings is 1. The molecule has 1 aromatic carbocycles. The van der Waals surface area contributed by atoms with Crippen LogP contribution in [0.4, 0.5) is 5.69 Å². The van der Waals surface area contributed by atoms with E-state index in [-0.39, 0.29) is 11.5 Å². The number of nitrogens with zero attached hydrogens (tertiary/aromatic N) is 3. The molecule has 0 atom stereocenters. The number of carbonyl (C=O) groups excluding carboxylic acids is 1. The van der Waals surface area contributed by atoms with Gasteiger partial charge in [0.25, 0.3) is 5.91 Å². The molecule has 0 saturated heterocycles. The van der Waals surface area contributed by atoms with Crippen LogP contribution in [0, 0.1) is 11.3 Å². The molecule has 0 aliphatic carbocycles. The Hall–Kier alpha value is -3.13. The van der Waals surface area contributed by atoms with Crippen LogP contribution in [-0.2, 0) is 17.8 Å². The Bertz CT molecular complexity index is 777. The highest BCUT2D eigenvalue weighted by atomic mass is 16.1. The Labute approximate surface area is 134 Å². The fraction of sp³-hybridized carbons (Fsp3) is 0.167. The molecule has 0 spiro atoms. The predicted molar refractivity (Wildman–Crippen MR) is 87.3 cm³/mol. The van der Waals surface area contributed by atoms with Crippen molar-refractivity contribution in [1.82, 2.24) is 10.3 Å². The molecule has 5 nitrogen and oxygen atoms in total. The molecule has 1 aromatic heterocycles. The van der Waals surface area contributed by atoms with Crippen LogP contribution in [0.25, 0.3) is 0 Å². The molecule has 0 unspecified atom stereocenters. The number of anilines is 1. The van der Waals surface area contributed by atoms with E-state index >= 15 is 0 Å². The zero-order valence-electron chi connectivity index (χ0n) is 12.6. The number of hydrogen-bond acceptors (Lipinski definition) is 4. The van der Waals surface area contributed by atoms with E-state index in [9.17, 15) is 10.1 Å². The summed E-state index contributed by atoms with van der Waals surface area (Å²) in [6, 6.07) is 13.7. The van der Waals surface area contributed by atoms with Crippen molar-refractivity contribution in [2.24, 2.45) is 0 Å². The van der Waals surface area contributed by atoms with Crippen LogP contribution in [0.1, 0.15) is 11.1 Å². The summed E-state index contributed by atoms with van der Waals surface area (Å²) in [4.78, 5) is 18.2. The van der Waals surface area contributed by atoms with E-state index in [1.54, 1.807) is 18.6 Å². The second kappa shape index (κ2) is 6.75. The minimum atomic E-state index is -0.374. The minimum absolute atomic E-state index is 0.102. The molecule has 1 aliphatic heterocycles. The van der Waals surface area contributed by atoms with Crippen molar-refractivity contribution in [3.8, 4) is 6.07 Å². The molecule has 5 heteroatoms. The van der Waals surface area contributed by atoms with Crippen molar-refractivity contribution >= 4 is 11.6 Å². The topological polar surface area (TPSA) is 69.0 Å². The standard InChI is InChI=1S/C18H16N4O/c19-10-16(18(23)21-12-14-4-3-8-20-11-14)13-22-9-7-15-5-1-2-6-17(15)22/h1-6,8,11,13H,7,9,12H2,(H,21,23)/b16-13-. The fourth-order valence-electron chi connectivity index (χ4n) is 2.57. The van der Waals surface area contributed by atoms with Crippen molar-refractivity contribution < 1.29 is 4.79 Å². The predicted octanol–water partition coefficient (Wildman–Crippen LogP) is 2.17. The van der Waals surface area contributed by atoms with Crippen LogP contribution in [0.5, 0.6) is 0 Å². The Morgan fingerprint density at radius 1 is 1.35 bits per heavy atom. The maximum atomic E-state index is 12.2. The molecule has 0 saturated carbocycles. The van der Waals surface area contributed by atoms with Gasteiger partial charge in [-0.25, -0.2) is 0 Å². The van der Waals surface area contributed by atoms with Crippen molar-refractivity contribution in [2.75, 3.05) is 11.4 Å². The van der Waals surface area contributed by atoms with E-state index in [2.05, 4.69) is 16.4 Å². The van der Waals surface area contributed by atoms with Gasteiger partial charge in [-0.05, 0) is 29.7 Å². The van der Waals surface area contributed by atoms with Crippen molar-refractivity contribution in [3.63, 3.8) is 0 Å². The molecular formula is C18H16N4O. The second-order valence-electron chi connectivity index (χ2n) is 5.27. The average Bonchev–Trinajstić information content (AvgIpc) is 3.01. The van der Waals surface area contributed by atoms with Gasteiger partial charge in [-0.2, -0.15) is 5.26 Å². The summed E-state index contributed by atoms with van der Waals surface area (Å²) < 4.78 is 0. The highest BCUT2D eigenvalue weighted by Gasteiger charge is 2.19. The van der Waals surface area contributed by atoms with Crippen LogP contribution in [-0.4, -0.2) is 17.4 Å². The van der Waals surface area contributed by atoms with Gasteiger partial charge in [0.05, 0.1) is 0 Å². The van der Waals surface area contributed by atoms with Crippen LogP contribution in [0.3, 0.4) is 0 Å². The van der Waals surface area contributed by atoms with Gasteiger partial charge in [-0.3, -0.25) is 9.78 Å². The van der Waals surface area contributed by atoms with Gasteiger partial charge in [-0.1, -0.05) is 24.3 Å². The number of nitrogens with one attached hydrogen (secondary N) is 1. The molecule has 23 heavy (non-hydrogen) atoms. The third-order valence-electron chi connectivity index (χ3n) is 3.75. The van der Waals surface area contributed by atoms with Gasteiger partial charge in [-0.15, -0.1) is 0 Å². The fourth-order valence-corrected chi connectivity index (χ4v) is 2.57. The Kier molecular flexibility index (Phi) is 4.34. The number of amides is 1. The van der Waals surface area contributed by atoms with Crippen LogP contribution in [0.15, 0.2) is 60.6 Å². The first kappa shape index (κ1) is 14.8. The molecule has 0 fully saturated rings. The van der Waals surface area contributed by atoms with E-state index in [4.69, 9.17) is 0 Å². The molecule has 2 heterocycles. The Balaban J connectivity index is 1.70. The average molecular weight is 304 g/mol. The first-order chi connectivity index (χ1) is 11.3. The SMILES string of the molecule is N#C/C(=C/N1CCc2ccccc21)C(=O)NCc1cccnc1. The number of fused-ring (bicyclic) bond motifs is 1. The number of para-hydroxylation sites is 1. The monoisotopic (exact) mass is 304 g/mol. The molecule has 0 bridgehead atoms. The molecule has 2 aromatic rings. The maximum absolute atomic E-state index is 12.2. The zero-order valence-corrected chi connectivity index (χ0v) is 12.6. The first-order valence-electron chi connectivity index (χ1n) is 7.41. The summed E-state index contributed by atoms with van der Waals surface area (Å²) >= 11 is 0. The number of aromatic nitrogens is 1. The third-order valence-corrected chi connectivity index (χ3v) is 3.75. The number of hydrogen-bond donors (Lipinski definition) is 1. The maximum Gasteiger partial charge on any atom is 0.263 e. The largest absolute Gasteiger partial charge is 0.347 e. The molecule has 1 amide bonds. The highest BCUT2D eigenvalue weighted by Crippen LogP contribution is 2.28. The molecule has 0 radical (unpaired) electrons. The summed E-state index contributed by atoms with van der Waals surface area (Å²) in [6.45, 7) is 1.13. The number of carbonyl (C=O) groups is 1. The van der Waals surface area contributed by atoms with Crippen LogP contribution < -0.4 is 10.2 Å². The lowest BCUT2D eigenvalue weighted by Crippen LogP contribution is -2.26. The normalized spacial score (nSPS) is 13.3. The first-order valence-corrected chi connectivity index (χ1v) is 7.41. The molecule has 3 rings (SSSR count). The van der Waals surface area contributed by atoms with Crippen molar-refractivity contribution in [2.45, 2.75) is 13.0 Å². The van der Waals surface area contributed by atoms with Gasteiger partial charge in [0.15, 0.2) is 0 Å². The molecule has 1 N–H and O–H groups in total. The number of rotatable bonds is 4. The summed E-state index contributed by atoms with van der Waals surface area (Å²) in [5.74, 6) is -0.374. The van der Waals surface area contributed by atoms with Gasteiger partial charge in [0.1, 0.15) is 11.6 Å². The van der Waals surface area contributed by atoms with Crippen LogP contribution >= 0.6 is 0 Å². The molecule has 1 aliphatic rings. The molecular weight excluding hydrogens is 288 g/mol. The number of pyridine rings is 1. The van der Waals surface area contributed by atoms with Gasteiger partial charge in [0.2, 0.25) is 0 Å². The summed E-state index contributed by atoms with van der Waals surface area (Å²) in [5.41, 5.74) is 3.28. The van der Waals surface area contributed by atoms with E-state index in [1.807, 2.05) is 41.3 Å². The summed E-state index contributed by atoms with van der Waals surface area (Å²) in [5, 5.41) is 12.0. The molecule has 114 valence electrons. The lowest BCUT2D eigenvalue weighted by Gasteiger charge is -2.14. The Morgan fingerprint density at radius 3 is 3.00 bits per heavy atom. The van der Waals surface area contributed by atoms with Crippen molar-refractivity contribution in [1.29, 1.82) is 5.26 Å². The number of nitriles is 1.